The lowest BCUT2D eigenvalue weighted by molar-refractivity contribution is 0.493. The lowest BCUT2D eigenvalue weighted by Crippen LogP contribution is -2.25. The fraction of sp³-hybridized carbons (Fsp3) is 0.538. The van der Waals surface area contributed by atoms with Crippen molar-refractivity contribution in [3.63, 3.8) is 0 Å². The molecule has 0 heterocycles. The second kappa shape index (κ2) is 4.02. The number of rotatable bonds is 3. The third-order valence-electron chi connectivity index (χ3n) is 3.72. The monoisotopic (exact) mass is 285 g/mol. The van der Waals surface area contributed by atoms with Crippen LogP contribution in [0.25, 0.3) is 0 Å². The molecule has 1 aliphatic carbocycles. The first-order valence-electron chi connectivity index (χ1n) is 5.64. The normalized spacial score (nSPS) is 19.3. The van der Waals surface area contributed by atoms with Crippen molar-refractivity contribution in [2.75, 3.05) is 5.32 Å². The quantitative estimate of drug-likeness (QED) is 0.862. The van der Waals surface area contributed by atoms with Gasteiger partial charge >= 0.3 is 0 Å². The predicted molar refractivity (Wildman–Crippen MR) is 69.3 cm³/mol. The van der Waals surface area contributed by atoms with Crippen molar-refractivity contribution in [2.45, 2.75) is 39.7 Å². The van der Waals surface area contributed by atoms with Crippen molar-refractivity contribution in [1.82, 2.24) is 0 Å². The highest BCUT2D eigenvalue weighted by Crippen LogP contribution is 2.49. The Morgan fingerprint density at radius 1 is 1.44 bits per heavy atom. The molecule has 0 aromatic heterocycles. The summed E-state index contributed by atoms with van der Waals surface area (Å²) in [6.45, 7) is 6.42. The average molecular weight is 286 g/mol. The number of hydrogen-bond acceptors (Lipinski definition) is 1. The Bertz CT molecular complexity index is 413. The molecule has 1 aromatic carbocycles. The molecule has 2 rings (SSSR count). The highest BCUT2D eigenvalue weighted by molar-refractivity contribution is 9.10. The molecule has 1 N–H and O–H groups in total. The molecular weight excluding hydrogens is 269 g/mol. The topological polar surface area (TPSA) is 12.0 Å². The Hall–Kier alpha value is -0.570. The molecule has 1 nitrogen and oxygen atoms in total. The molecule has 88 valence electrons. The minimum atomic E-state index is -0.201. The van der Waals surface area contributed by atoms with E-state index in [-0.39, 0.29) is 5.82 Å². The summed E-state index contributed by atoms with van der Waals surface area (Å²) in [5.74, 6) is -0.201. The van der Waals surface area contributed by atoms with E-state index in [1.165, 1.54) is 12.8 Å². The maximum absolute atomic E-state index is 13.3. The molecule has 1 unspecified atom stereocenters. The van der Waals surface area contributed by atoms with Crippen LogP contribution in [-0.4, -0.2) is 6.04 Å². The number of anilines is 1. The van der Waals surface area contributed by atoms with Gasteiger partial charge in [0.05, 0.1) is 4.47 Å². The van der Waals surface area contributed by atoms with E-state index in [0.29, 0.717) is 15.9 Å². The SMILES string of the molecule is Cc1cc(F)c(Br)cc1NC(C)C1(C)CC1. The summed E-state index contributed by atoms with van der Waals surface area (Å²) in [4.78, 5) is 0. The van der Waals surface area contributed by atoms with Gasteiger partial charge in [0.15, 0.2) is 0 Å². The van der Waals surface area contributed by atoms with Crippen LogP contribution in [0.1, 0.15) is 32.3 Å². The molecule has 0 aliphatic heterocycles. The molecule has 1 saturated carbocycles. The largest absolute Gasteiger partial charge is 0.382 e. The van der Waals surface area contributed by atoms with Gasteiger partial charge in [-0.1, -0.05) is 6.92 Å². The van der Waals surface area contributed by atoms with E-state index in [1.807, 2.05) is 13.0 Å². The molecule has 0 amide bonds. The second-order valence-corrected chi connectivity index (χ2v) is 5.96. The minimum absolute atomic E-state index is 0.201. The lowest BCUT2D eigenvalue weighted by Gasteiger charge is -2.23. The van der Waals surface area contributed by atoms with E-state index in [9.17, 15) is 4.39 Å². The summed E-state index contributed by atoms with van der Waals surface area (Å²) in [5.41, 5.74) is 2.40. The first-order chi connectivity index (χ1) is 7.42. The van der Waals surface area contributed by atoms with Crippen LogP contribution < -0.4 is 5.32 Å². The van der Waals surface area contributed by atoms with Crippen molar-refractivity contribution < 1.29 is 4.39 Å². The lowest BCUT2D eigenvalue weighted by atomic mass is 10.00. The highest BCUT2D eigenvalue weighted by atomic mass is 79.9. The van der Waals surface area contributed by atoms with E-state index in [1.54, 1.807) is 6.07 Å². The van der Waals surface area contributed by atoms with Crippen LogP contribution in [0.2, 0.25) is 0 Å². The van der Waals surface area contributed by atoms with Gasteiger partial charge in [0.2, 0.25) is 0 Å². The number of halogens is 2. The Labute approximate surface area is 105 Å². The van der Waals surface area contributed by atoms with E-state index < -0.39 is 0 Å². The van der Waals surface area contributed by atoms with E-state index in [0.717, 1.165) is 11.3 Å². The van der Waals surface area contributed by atoms with Crippen molar-refractivity contribution in [3.05, 3.63) is 28.0 Å². The molecule has 3 heteroatoms. The Morgan fingerprint density at radius 3 is 2.62 bits per heavy atom. The number of benzene rings is 1. The summed E-state index contributed by atoms with van der Waals surface area (Å²) in [6.07, 6.45) is 2.56. The Kier molecular flexibility index (Phi) is 2.99. The van der Waals surface area contributed by atoms with Gasteiger partial charge in [-0.2, -0.15) is 0 Å². The van der Waals surface area contributed by atoms with Crippen molar-refractivity contribution in [1.29, 1.82) is 0 Å². The van der Waals surface area contributed by atoms with Crippen molar-refractivity contribution in [2.24, 2.45) is 5.41 Å². The zero-order chi connectivity index (χ0) is 11.9. The minimum Gasteiger partial charge on any atom is -0.382 e. The number of nitrogens with one attached hydrogen (secondary N) is 1. The highest BCUT2D eigenvalue weighted by Gasteiger charge is 2.42. The van der Waals surface area contributed by atoms with E-state index in [4.69, 9.17) is 0 Å². The third kappa shape index (κ3) is 2.24. The standard InChI is InChI=1S/C13H17BrFN/c1-8-6-11(15)10(14)7-12(8)16-9(2)13(3)4-5-13/h6-7,9,16H,4-5H2,1-3H3. The predicted octanol–water partition coefficient (Wildman–Crippen LogP) is 4.50. The van der Waals surface area contributed by atoms with Crippen LogP contribution in [-0.2, 0) is 0 Å². The van der Waals surface area contributed by atoms with Crippen LogP contribution in [0.3, 0.4) is 0 Å². The molecule has 1 aromatic rings. The molecule has 0 bridgehead atoms. The Morgan fingerprint density at radius 2 is 2.06 bits per heavy atom. The van der Waals surface area contributed by atoms with E-state index >= 15 is 0 Å². The number of aryl methyl sites for hydroxylation is 1. The van der Waals surface area contributed by atoms with Crippen LogP contribution in [0.5, 0.6) is 0 Å². The van der Waals surface area contributed by atoms with Gasteiger partial charge in [-0.25, -0.2) is 4.39 Å². The molecule has 0 saturated heterocycles. The smallest absolute Gasteiger partial charge is 0.137 e. The van der Waals surface area contributed by atoms with Crippen LogP contribution in [0.15, 0.2) is 16.6 Å². The van der Waals surface area contributed by atoms with Crippen molar-refractivity contribution >= 4 is 21.6 Å². The van der Waals surface area contributed by atoms with Gasteiger partial charge in [0, 0.05) is 11.7 Å². The maximum Gasteiger partial charge on any atom is 0.137 e. The summed E-state index contributed by atoms with van der Waals surface area (Å²) in [7, 11) is 0. The fourth-order valence-corrected chi connectivity index (χ4v) is 2.18. The van der Waals surface area contributed by atoms with Gasteiger partial charge in [0.25, 0.3) is 0 Å². The Balaban J connectivity index is 2.18. The van der Waals surface area contributed by atoms with Gasteiger partial charge in [0.1, 0.15) is 5.82 Å². The molecule has 0 spiro atoms. The second-order valence-electron chi connectivity index (χ2n) is 5.10. The molecule has 1 atom stereocenters. The van der Waals surface area contributed by atoms with Crippen LogP contribution in [0, 0.1) is 18.2 Å². The summed E-state index contributed by atoms with van der Waals surface area (Å²) in [5, 5.41) is 3.48. The van der Waals surface area contributed by atoms with Gasteiger partial charge in [-0.15, -0.1) is 0 Å². The average Bonchev–Trinajstić information content (AvgIpc) is 2.94. The van der Waals surface area contributed by atoms with Crippen LogP contribution in [0.4, 0.5) is 10.1 Å². The number of hydrogen-bond donors (Lipinski definition) is 1. The zero-order valence-corrected chi connectivity index (χ0v) is 11.5. The molecule has 0 radical (unpaired) electrons. The van der Waals surface area contributed by atoms with E-state index in [2.05, 4.69) is 35.1 Å². The summed E-state index contributed by atoms with van der Waals surface area (Å²) in [6, 6.07) is 3.82. The maximum atomic E-state index is 13.3. The molecule has 16 heavy (non-hydrogen) atoms. The molecular formula is C13H17BrFN. The van der Waals surface area contributed by atoms with Crippen molar-refractivity contribution in [3.8, 4) is 0 Å². The summed E-state index contributed by atoms with van der Waals surface area (Å²) < 4.78 is 13.8. The van der Waals surface area contributed by atoms with Crippen LogP contribution >= 0.6 is 15.9 Å². The third-order valence-corrected chi connectivity index (χ3v) is 4.33. The summed E-state index contributed by atoms with van der Waals surface area (Å²) >= 11 is 3.22. The molecule has 1 fully saturated rings. The fourth-order valence-electron chi connectivity index (χ4n) is 1.84. The molecule has 1 aliphatic rings. The van der Waals surface area contributed by atoms with Gasteiger partial charge in [-0.05, 0) is 65.7 Å². The first kappa shape index (κ1) is 11.9. The first-order valence-corrected chi connectivity index (χ1v) is 6.44. The van der Waals surface area contributed by atoms with Gasteiger partial charge in [-0.3, -0.25) is 0 Å². The zero-order valence-electron chi connectivity index (χ0n) is 9.90. The van der Waals surface area contributed by atoms with Gasteiger partial charge < -0.3 is 5.32 Å².